The molecular formula is C29H30BrN3O6. The van der Waals surface area contributed by atoms with Gasteiger partial charge in [-0.3, -0.25) is 9.59 Å². The zero-order valence-corrected chi connectivity index (χ0v) is 23.5. The normalized spacial score (nSPS) is 10.6. The van der Waals surface area contributed by atoms with Gasteiger partial charge >= 0.3 is 0 Å². The summed E-state index contributed by atoms with van der Waals surface area (Å²) in [6.45, 7) is 7.91. The van der Waals surface area contributed by atoms with E-state index in [1.54, 1.807) is 36.4 Å². The summed E-state index contributed by atoms with van der Waals surface area (Å²) in [4.78, 5) is 25.0. The van der Waals surface area contributed by atoms with E-state index in [1.165, 1.54) is 13.3 Å². The lowest BCUT2D eigenvalue weighted by Crippen LogP contribution is -2.20. The van der Waals surface area contributed by atoms with Gasteiger partial charge in [0.15, 0.2) is 29.6 Å². The van der Waals surface area contributed by atoms with Crippen molar-refractivity contribution < 1.29 is 28.5 Å². The van der Waals surface area contributed by atoms with Gasteiger partial charge in [-0.05, 0) is 77.8 Å². The Balaban J connectivity index is 1.65. The molecule has 2 N–H and O–H groups in total. The van der Waals surface area contributed by atoms with Crippen LogP contribution in [0, 0.1) is 6.92 Å². The van der Waals surface area contributed by atoms with Gasteiger partial charge in [0.2, 0.25) is 0 Å². The van der Waals surface area contributed by atoms with E-state index in [0.717, 1.165) is 5.56 Å². The van der Waals surface area contributed by atoms with Crippen LogP contribution < -0.4 is 29.7 Å². The van der Waals surface area contributed by atoms with Gasteiger partial charge in [0.05, 0.1) is 24.4 Å². The highest BCUT2D eigenvalue weighted by Crippen LogP contribution is 2.36. The fourth-order valence-corrected chi connectivity index (χ4v) is 3.92. The number of carbonyl (C=O) groups is 2. The molecule has 0 unspecified atom stereocenters. The fraction of sp³-hybridized carbons (Fsp3) is 0.207. The Bertz CT molecular complexity index is 1340. The first-order chi connectivity index (χ1) is 18.8. The molecule has 0 atom stereocenters. The van der Waals surface area contributed by atoms with Crippen LogP contribution in [0.1, 0.15) is 28.4 Å². The van der Waals surface area contributed by atoms with Gasteiger partial charge in [0, 0.05) is 11.3 Å². The lowest BCUT2D eigenvalue weighted by molar-refractivity contribution is -0.118. The summed E-state index contributed by atoms with van der Waals surface area (Å²) in [6.07, 6.45) is 3.09. The van der Waals surface area contributed by atoms with Gasteiger partial charge in [-0.25, -0.2) is 5.43 Å². The quantitative estimate of drug-likeness (QED) is 0.153. The molecule has 3 aromatic carbocycles. The minimum Gasteiger partial charge on any atom is -0.493 e. The molecule has 0 aliphatic heterocycles. The van der Waals surface area contributed by atoms with E-state index in [0.29, 0.717) is 57.5 Å². The maximum Gasteiger partial charge on any atom is 0.271 e. The molecule has 0 aliphatic rings. The molecule has 9 nitrogen and oxygen atoms in total. The van der Waals surface area contributed by atoms with Crippen LogP contribution in [0.2, 0.25) is 0 Å². The van der Waals surface area contributed by atoms with Crippen molar-refractivity contribution in [2.45, 2.75) is 13.8 Å². The van der Waals surface area contributed by atoms with Crippen molar-refractivity contribution in [1.29, 1.82) is 0 Å². The molecule has 0 saturated carbocycles. The average Bonchev–Trinajstić information content (AvgIpc) is 2.92. The van der Waals surface area contributed by atoms with Crippen LogP contribution in [-0.2, 0) is 4.79 Å². The van der Waals surface area contributed by atoms with Crippen molar-refractivity contribution in [2.24, 2.45) is 5.10 Å². The smallest absolute Gasteiger partial charge is 0.271 e. The number of methoxy groups -OCH3 is 1. The molecule has 0 heterocycles. The monoisotopic (exact) mass is 595 g/mol. The number of halogens is 1. The number of amides is 2. The van der Waals surface area contributed by atoms with Crippen LogP contribution >= 0.6 is 15.9 Å². The minimum absolute atomic E-state index is 0.211. The van der Waals surface area contributed by atoms with E-state index < -0.39 is 5.91 Å². The van der Waals surface area contributed by atoms with Crippen molar-refractivity contribution in [1.82, 2.24) is 5.43 Å². The molecule has 10 heteroatoms. The number of hydrogen-bond acceptors (Lipinski definition) is 7. The van der Waals surface area contributed by atoms with Crippen LogP contribution in [0.25, 0.3) is 0 Å². The van der Waals surface area contributed by atoms with Gasteiger partial charge < -0.3 is 24.3 Å². The largest absolute Gasteiger partial charge is 0.493 e. The number of aryl methyl sites for hydroxylation is 1. The van der Waals surface area contributed by atoms with Gasteiger partial charge in [0.1, 0.15) is 6.61 Å². The molecule has 3 rings (SSSR count). The molecule has 0 bridgehead atoms. The minimum atomic E-state index is -0.427. The molecule has 0 saturated heterocycles. The summed E-state index contributed by atoms with van der Waals surface area (Å²) in [6, 6.07) is 15.7. The number of benzene rings is 3. The second kappa shape index (κ2) is 14.6. The van der Waals surface area contributed by atoms with Crippen molar-refractivity contribution in [3.63, 3.8) is 0 Å². The Morgan fingerprint density at radius 1 is 1.00 bits per heavy atom. The summed E-state index contributed by atoms with van der Waals surface area (Å²) in [5.74, 6) is 0.982. The van der Waals surface area contributed by atoms with E-state index in [4.69, 9.17) is 18.9 Å². The Labute approximate surface area is 235 Å². The number of hydrazone groups is 1. The van der Waals surface area contributed by atoms with Gasteiger partial charge in [-0.2, -0.15) is 5.10 Å². The molecule has 3 aromatic rings. The topological polar surface area (TPSA) is 107 Å². The highest BCUT2D eigenvalue weighted by molar-refractivity contribution is 9.10. The first-order valence-corrected chi connectivity index (χ1v) is 12.8. The average molecular weight is 596 g/mol. The van der Waals surface area contributed by atoms with Crippen molar-refractivity contribution >= 4 is 39.6 Å². The Hall–Kier alpha value is -4.31. The Morgan fingerprint density at radius 3 is 2.46 bits per heavy atom. The molecule has 2 amide bonds. The number of ether oxygens (including phenoxy) is 4. The van der Waals surface area contributed by atoms with Crippen LogP contribution in [-0.4, -0.2) is 45.0 Å². The van der Waals surface area contributed by atoms with E-state index in [9.17, 15) is 9.59 Å². The molecule has 204 valence electrons. The third-order valence-electron chi connectivity index (χ3n) is 5.18. The van der Waals surface area contributed by atoms with Crippen LogP contribution in [0.5, 0.6) is 23.0 Å². The SMILES string of the molecule is C=CCOc1ccc(C(=O)N/N=C/c2cc(Br)c(OCC(=O)Nc3ccc(C)cc3)c(OCC)c2)cc1OC. The lowest BCUT2D eigenvalue weighted by atomic mass is 10.2. The highest BCUT2D eigenvalue weighted by atomic mass is 79.9. The van der Waals surface area contributed by atoms with Crippen molar-refractivity contribution in [2.75, 3.05) is 32.2 Å². The van der Waals surface area contributed by atoms with Crippen LogP contribution in [0.15, 0.2) is 76.8 Å². The van der Waals surface area contributed by atoms with Crippen molar-refractivity contribution in [3.8, 4) is 23.0 Å². The molecule has 0 radical (unpaired) electrons. The molecule has 0 aliphatic carbocycles. The third-order valence-corrected chi connectivity index (χ3v) is 5.77. The zero-order chi connectivity index (χ0) is 28.2. The number of nitrogens with one attached hydrogen (secondary N) is 2. The van der Waals surface area contributed by atoms with Gasteiger partial charge in [0.25, 0.3) is 11.8 Å². The van der Waals surface area contributed by atoms with E-state index in [1.807, 2.05) is 38.1 Å². The van der Waals surface area contributed by atoms with E-state index in [-0.39, 0.29) is 12.5 Å². The third kappa shape index (κ3) is 8.61. The number of anilines is 1. The number of carbonyl (C=O) groups excluding carboxylic acids is 2. The second-order valence-electron chi connectivity index (χ2n) is 8.13. The maximum atomic E-state index is 12.6. The standard InChI is InChI=1S/C29H30BrN3O6/c1-5-13-38-24-12-9-21(16-25(24)36-4)29(35)33-31-17-20-14-23(30)28(26(15-20)37-6-2)39-18-27(34)32-22-10-7-19(3)8-11-22/h5,7-12,14-17H,1,6,13,18H2,2-4H3,(H,32,34)(H,33,35)/b31-17+. The predicted molar refractivity (Wildman–Crippen MR) is 154 cm³/mol. The van der Waals surface area contributed by atoms with E-state index >= 15 is 0 Å². The zero-order valence-electron chi connectivity index (χ0n) is 22.0. The lowest BCUT2D eigenvalue weighted by Gasteiger charge is -2.14. The van der Waals surface area contributed by atoms with Crippen molar-refractivity contribution in [3.05, 3.63) is 88.4 Å². The van der Waals surface area contributed by atoms with Crippen LogP contribution in [0.4, 0.5) is 5.69 Å². The maximum absolute atomic E-state index is 12.6. The summed E-state index contributed by atoms with van der Waals surface area (Å²) in [5, 5.41) is 6.85. The Kier molecular flexibility index (Phi) is 10.9. The fourth-order valence-electron chi connectivity index (χ4n) is 3.34. The predicted octanol–water partition coefficient (Wildman–Crippen LogP) is 5.51. The molecule has 39 heavy (non-hydrogen) atoms. The highest BCUT2D eigenvalue weighted by Gasteiger charge is 2.15. The van der Waals surface area contributed by atoms with E-state index in [2.05, 4.69) is 38.4 Å². The molecule has 0 aromatic heterocycles. The summed E-state index contributed by atoms with van der Waals surface area (Å²) >= 11 is 3.47. The number of hydrogen-bond donors (Lipinski definition) is 2. The summed E-state index contributed by atoms with van der Waals surface area (Å²) < 4.78 is 22.9. The molecule has 0 fully saturated rings. The number of nitrogens with zero attached hydrogens (tertiary/aromatic N) is 1. The first kappa shape index (κ1) is 29.2. The summed E-state index contributed by atoms with van der Waals surface area (Å²) in [5.41, 5.74) is 5.25. The second-order valence-corrected chi connectivity index (χ2v) is 8.98. The van der Waals surface area contributed by atoms with Gasteiger partial charge in [-0.15, -0.1) is 0 Å². The Morgan fingerprint density at radius 2 is 1.77 bits per heavy atom. The number of rotatable bonds is 13. The first-order valence-electron chi connectivity index (χ1n) is 12.0. The summed E-state index contributed by atoms with van der Waals surface area (Å²) in [7, 11) is 1.49. The molecule has 0 spiro atoms. The van der Waals surface area contributed by atoms with Crippen LogP contribution in [0.3, 0.4) is 0 Å². The van der Waals surface area contributed by atoms with Gasteiger partial charge in [-0.1, -0.05) is 30.4 Å². The molecular weight excluding hydrogens is 566 g/mol.